The zero-order chi connectivity index (χ0) is 13.8. The molecule has 0 aliphatic rings. The molecule has 0 radical (unpaired) electrons. The molecule has 19 heavy (non-hydrogen) atoms. The lowest BCUT2D eigenvalue weighted by atomic mass is 10.1. The number of carbonyl (C=O) groups excluding carboxylic acids is 1. The van der Waals surface area contributed by atoms with Crippen molar-refractivity contribution in [1.82, 2.24) is 4.98 Å². The molecule has 1 amide bonds. The first-order valence-electron chi connectivity index (χ1n) is 5.32. The zero-order valence-electron chi connectivity index (χ0n) is 9.72. The quantitative estimate of drug-likeness (QED) is 0.803. The van der Waals surface area contributed by atoms with Gasteiger partial charge in [-0.2, -0.15) is 5.26 Å². The van der Waals surface area contributed by atoms with E-state index in [2.05, 4.69) is 10.3 Å². The number of aromatic nitrogens is 1. The van der Waals surface area contributed by atoms with Crippen LogP contribution in [0.1, 0.15) is 15.9 Å². The average Bonchev–Trinajstić information content (AvgIpc) is 2.41. The van der Waals surface area contributed by atoms with Crippen LogP contribution in [-0.2, 0) is 0 Å². The molecule has 94 valence electrons. The second-order valence-corrected chi connectivity index (χ2v) is 3.72. The lowest BCUT2D eigenvalue weighted by Gasteiger charge is -2.08. The number of anilines is 2. The molecular formula is C13H9FN4O. The van der Waals surface area contributed by atoms with Gasteiger partial charge in [-0.05, 0) is 24.3 Å². The van der Waals surface area contributed by atoms with Crippen LogP contribution >= 0.6 is 0 Å². The number of rotatable bonds is 2. The summed E-state index contributed by atoms with van der Waals surface area (Å²) in [6.45, 7) is 0. The Morgan fingerprint density at radius 3 is 2.84 bits per heavy atom. The van der Waals surface area contributed by atoms with Crippen molar-refractivity contribution in [1.29, 1.82) is 5.26 Å². The molecular weight excluding hydrogens is 247 g/mol. The van der Waals surface area contributed by atoms with Gasteiger partial charge in [-0.3, -0.25) is 9.78 Å². The Kier molecular flexibility index (Phi) is 3.39. The van der Waals surface area contributed by atoms with Crippen molar-refractivity contribution in [3.05, 3.63) is 53.6 Å². The predicted octanol–water partition coefficient (Wildman–Crippen LogP) is 1.93. The van der Waals surface area contributed by atoms with E-state index < -0.39 is 11.7 Å². The Morgan fingerprint density at radius 1 is 1.42 bits per heavy atom. The Labute approximate surface area is 108 Å². The van der Waals surface area contributed by atoms with E-state index in [1.807, 2.05) is 6.07 Å². The molecule has 1 heterocycles. The monoisotopic (exact) mass is 256 g/mol. The summed E-state index contributed by atoms with van der Waals surface area (Å²) in [6.07, 6.45) is 2.27. The number of nitrogens with zero attached hydrogens (tertiary/aromatic N) is 2. The molecule has 0 atom stereocenters. The number of nitrogen functional groups attached to an aromatic ring is 1. The van der Waals surface area contributed by atoms with Crippen molar-refractivity contribution in [2.75, 3.05) is 11.1 Å². The molecule has 1 aromatic heterocycles. The molecule has 0 aliphatic heterocycles. The first-order chi connectivity index (χ1) is 9.11. The molecule has 2 aromatic rings. The maximum Gasteiger partial charge on any atom is 0.258 e. The summed E-state index contributed by atoms with van der Waals surface area (Å²) < 4.78 is 13.4. The van der Waals surface area contributed by atoms with Gasteiger partial charge in [0.2, 0.25) is 0 Å². The lowest BCUT2D eigenvalue weighted by Crippen LogP contribution is -2.15. The number of halogens is 1. The van der Waals surface area contributed by atoms with Crippen LogP contribution in [0, 0.1) is 17.1 Å². The van der Waals surface area contributed by atoms with Crippen molar-refractivity contribution < 1.29 is 9.18 Å². The van der Waals surface area contributed by atoms with Crippen molar-refractivity contribution in [3.63, 3.8) is 0 Å². The third-order valence-corrected chi connectivity index (χ3v) is 2.45. The fourth-order valence-electron chi connectivity index (χ4n) is 1.50. The Bertz CT molecular complexity index is 679. The Morgan fingerprint density at radius 2 is 2.21 bits per heavy atom. The van der Waals surface area contributed by atoms with Crippen LogP contribution in [0.25, 0.3) is 0 Å². The number of hydrogen-bond acceptors (Lipinski definition) is 4. The Hall–Kier alpha value is -2.94. The van der Waals surface area contributed by atoms with E-state index in [4.69, 9.17) is 11.0 Å². The van der Waals surface area contributed by atoms with Crippen LogP contribution in [0.15, 0.2) is 36.7 Å². The van der Waals surface area contributed by atoms with Gasteiger partial charge < -0.3 is 11.1 Å². The average molecular weight is 256 g/mol. The summed E-state index contributed by atoms with van der Waals surface area (Å²) in [5, 5.41) is 11.2. The van der Waals surface area contributed by atoms with Gasteiger partial charge in [0, 0.05) is 6.20 Å². The number of benzene rings is 1. The number of nitriles is 1. The molecule has 0 saturated heterocycles. The summed E-state index contributed by atoms with van der Waals surface area (Å²) in [4.78, 5) is 15.4. The number of pyridine rings is 1. The fraction of sp³-hybridized carbons (Fsp3) is 0. The molecule has 3 N–H and O–H groups in total. The van der Waals surface area contributed by atoms with Gasteiger partial charge in [-0.15, -0.1) is 0 Å². The summed E-state index contributed by atoms with van der Waals surface area (Å²) in [5.41, 5.74) is 6.50. The summed E-state index contributed by atoms with van der Waals surface area (Å²) in [7, 11) is 0. The van der Waals surface area contributed by atoms with Crippen LogP contribution in [-0.4, -0.2) is 10.9 Å². The highest BCUT2D eigenvalue weighted by Crippen LogP contribution is 2.20. The van der Waals surface area contributed by atoms with E-state index in [0.29, 0.717) is 11.3 Å². The SMILES string of the molecule is N#Cc1ccc(NC(=O)c2ccncc2F)c(N)c1. The third kappa shape index (κ3) is 2.66. The van der Waals surface area contributed by atoms with Crippen LogP contribution in [0.4, 0.5) is 15.8 Å². The number of hydrogen-bond donors (Lipinski definition) is 2. The standard InChI is InChI=1S/C13H9FN4O/c14-10-7-17-4-3-9(10)13(19)18-12-2-1-8(6-15)5-11(12)16/h1-5,7H,16H2,(H,18,19). The molecule has 0 saturated carbocycles. The van der Waals surface area contributed by atoms with Crippen molar-refractivity contribution in [2.24, 2.45) is 0 Å². The van der Waals surface area contributed by atoms with Gasteiger partial charge in [-0.1, -0.05) is 0 Å². The van der Waals surface area contributed by atoms with Gasteiger partial charge in [0.15, 0.2) is 5.82 Å². The van der Waals surface area contributed by atoms with Gasteiger partial charge in [0.25, 0.3) is 5.91 Å². The molecule has 5 nitrogen and oxygen atoms in total. The minimum Gasteiger partial charge on any atom is -0.397 e. The zero-order valence-corrected chi connectivity index (χ0v) is 9.72. The highest BCUT2D eigenvalue weighted by molar-refractivity contribution is 6.05. The summed E-state index contributed by atoms with van der Waals surface area (Å²) in [5.74, 6) is -1.34. The van der Waals surface area contributed by atoms with Gasteiger partial charge in [-0.25, -0.2) is 4.39 Å². The van der Waals surface area contributed by atoms with Crippen molar-refractivity contribution in [2.45, 2.75) is 0 Å². The van der Waals surface area contributed by atoms with E-state index >= 15 is 0 Å². The highest BCUT2D eigenvalue weighted by Gasteiger charge is 2.12. The van der Waals surface area contributed by atoms with Gasteiger partial charge in [0.1, 0.15) is 0 Å². The van der Waals surface area contributed by atoms with E-state index in [1.54, 1.807) is 0 Å². The molecule has 1 aromatic carbocycles. The number of amides is 1. The van der Waals surface area contributed by atoms with E-state index in [1.165, 1.54) is 30.5 Å². The maximum atomic E-state index is 13.4. The second kappa shape index (κ2) is 5.14. The Balaban J connectivity index is 2.25. The maximum absolute atomic E-state index is 13.4. The van der Waals surface area contributed by atoms with Crippen molar-refractivity contribution in [3.8, 4) is 6.07 Å². The van der Waals surface area contributed by atoms with Crippen LogP contribution in [0.3, 0.4) is 0 Å². The van der Waals surface area contributed by atoms with Crippen LogP contribution in [0.2, 0.25) is 0 Å². The van der Waals surface area contributed by atoms with E-state index in [0.717, 1.165) is 6.20 Å². The minimum absolute atomic E-state index is 0.126. The molecule has 0 aliphatic carbocycles. The number of nitrogens with one attached hydrogen (secondary N) is 1. The first kappa shape index (κ1) is 12.5. The molecule has 0 unspecified atom stereocenters. The largest absolute Gasteiger partial charge is 0.397 e. The lowest BCUT2D eigenvalue weighted by molar-refractivity contribution is 0.102. The molecule has 0 spiro atoms. The highest BCUT2D eigenvalue weighted by atomic mass is 19.1. The van der Waals surface area contributed by atoms with E-state index in [-0.39, 0.29) is 11.3 Å². The third-order valence-electron chi connectivity index (χ3n) is 2.45. The van der Waals surface area contributed by atoms with Crippen LogP contribution < -0.4 is 11.1 Å². The first-order valence-corrected chi connectivity index (χ1v) is 5.32. The smallest absolute Gasteiger partial charge is 0.258 e. The van der Waals surface area contributed by atoms with Gasteiger partial charge in [0.05, 0.1) is 34.8 Å². The number of carbonyl (C=O) groups is 1. The fourth-order valence-corrected chi connectivity index (χ4v) is 1.50. The van der Waals surface area contributed by atoms with E-state index in [9.17, 15) is 9.18 Å². The molecule has 2 rings (SSSR count). The predicted molar refractivity (Wildman–Crippen MR) is 67.7 cm³/mol. The molecule has 0 bridgehead atoms. The van der Waals surface area contributed by atoms with Crippen LogP contribution in [0.5, 0.6) is 0 Å². The molecule has 0 fully saturated rings. The second-order valence-electron chi connectivity index (χ2n) is 3.72. The molecule has 6 heteroatoms. The van der Waals surface area contributed by atoms with Gasteiger partial charge >= 0.3 is 0 Å². The topological polar surface area (TPSA) is 91.8 Å². The minimum atomic E-state index is -0.716. The summed E-state index contributed by atoms with van der Waals surface area (Å²) in [6, 6.07) is 7.63. The normalized spacial score (nSPS) is 9.68. The van der Waals surface area contributed by atoms with Crippen molar-refractivity contribution >= 4 is 17.3 Å². The summed E-state index contributed by atoms with van der Waals surface area (Å²) >= 11 is 0. The number of nitrogens with two attached hydrogens (primary N) is 1.